The van der Waals surface area contributed by atoms with Gasteiger partial charge in [-0.25, -0.2) is 0 Å². The molecule has 0 N–H and O–H groups in total. The summed E-state index contributed by atoms with van der Waals surface area (Å²) in [7, 11) is 3.27. The maximum atomic E-state index is 10.5. The van der Waals surface area contributed by atoms with Crippen LogP contribution in [-0.4, -0.2) is 31.5 Å². The van der Waals surface area contributed by atoms with Gasteiger partial charge in [0.15, 0.2) is 5.79 Å². The smallest absolute Gasteiger partial charge is 0.269 e. The topological polar surface area (TPSA) is 70.8 Å². The van der Waals surface area contributed by atoms with E-state index in [-0.39, 0.29) is 5.69 Å². The normalized spacial score (nSPS) is 17.8. The first-order chi connectivity index (χ1) is 9.08. The van der Waals surface area contributed by atoms with Gasteiger partial charge in [-0.2, -0.15) is 0 Å². The van der Waals surface area contributed by atoms with Gasteiger partial charge in [-0.15, -0.1) is 0 Å². The predicted molar refractivity (Wildman–Crippen MR) is 68.1 cm³/mol. The first-order valence-corrected chi connectivity index (χ1v) is 6.06. The summed E-state index contributed by atoms with van der Waals surface area (Å²) in [5, 5.41) is 10.5. The average molecular weight is 267 g/mol. The second-order valence-electron chi connectivity index (χ2n) is 4.66. The molecule has 0 aromatic heterocycles. The summed E-state index contributed by atoms with van der Waals surface area (Å²) in [6.07, 6.45) is 1.60. The molecule has 0 amide bonds. The summed E-state index contributed by atoms with van der Waals surface area (Å²) < 4.78 is 16.2. The van der Waals surface area contributed by atoms with E-state index in [0.29, 0.717) is 18.3 Å². The van der Waals surface area contributed by atoms with E-state index in [1.165, 1.54) is 12.1 Å². The lowest BCUT2D eigenvalue weighted by Gasteiger charge is -2.44. The first-order valence-electron chi connectivity index (χ1n) is 6.06. The quantitative estimate of drug-likeness (QED) is 0.449. The number of nitrogens with zero attached hydrogens (tertiary/aromatic N) is 1. The molecular weight excluding hydrogens is 250 g/mol. The third-order valence-corrected chi connectivity index (χ3v) is 3.48. The van der Waals surface area contributed by atoms with Crippen molar-refractivity contribution >= 4 is 5.69 Å². The van der Waals surface area contributed by atoms with Gasteiger partial charge < -0.3 is 14.2 Å². The molecule has 0 saturated heterocycles. The van der Waals surface area contributed by atoms with Crippen LogP contribution in [0.5, 0.6) is 5.75 Å². The van der Waals surface area contributed by atoms with E-state index in [2.05, 4.69) is 0 Å². The van der Waals surface area contributed by atoms with Crippen LogP contribution in [-0.2, 0) is 9.47 Å². The Balaban J connectivity index is 1.79. The van der Waals surface area contributed by atoms with E-state index in [1.54, 1.807) is 26.4 Å². The third-order valence-electron chi connectivity index (χ3n) is 3.48. The molecule has 0 unspecified atom stereocenters. The number of nitro benzene ring substituents is 1. The molecule has 1 aromatic carbocycles. The SMILES string of the molecule is COC1(OC)CC(COc2ccc([N+](=O)[O-])cc2)C1. The largest absolute Gasteiger partial charge is 0.493 e. The van der Waals surface area contributed by atoms with Crippen LogP contribution in [0.25, 0.3) is 0 Å². The fraction of sp³-hybridized carbons (Fsp3) is 0.538. The fourth-order valence-corrected chi connectivity index (χ4v) is 2.23. The molecular formula is C13H17NO5. The summed E-state index contributed by atoms with van der Waals surface area (Å²) in [6.45, 7) is 0.562. The van der Waals surface area contributed by atoms with E-state index in [4.69, 9.17) is 14.2 Å². The molecule has 0 aliphatic heterocycles. The standard InChI is InChI=1S/C13H17NO5/c1-17-13(18-2)7-10(8-13)9-19-12-5-3-11(4-6-12)14(15)16/h3-6,10H,7-9H2,1-2H3. The zero-order valence-electron chi connectivity index (χ0n) is 11.0. The molecule has 1 aliphatic rings. The van der Waals surface area contributed by atoms with E-state index >= 15 is 0 Å². The van der Waals surface area contributed by atoms with E-state index in [0.717, 1.165) is 12.8 Å². The van der Waals surface area contributed by atoms with Crippen LogP contribution in [0.1, 0.15) is 12.8 Å². The number of non-ortho nitro benzene ring substituents is 1. The van der Waals surface area contributed by atoms with Gasteiger partial charge in [-0.3, -0.25) is 10.1 Å². The molecule has 0 spiro atoms. The van der Waals surface area contributed by atoms with Crippen molar-refractivity contribution in [1.29, 1.82) is 0 Å². The minimum atomic E-state index is -0.455. The van der Waals surface area contributed by atoms with Crippen molar-refractivity contribution in [2.75, 3.05) is 20.8 Å². The summed E-state index contributed by atoms with van der Waals surface area (Å²) in [5.41, 5.74) is 0.0637. The molecule has 1 fully saturated rings. The molecule has 0 bridgehead atoms. The van der Waals surface area contributed by atoms with Crippen LogP contribution in [0.4, 0.5) is 5.69 Å². The Morgan fingerprint density at radius 3 is 2.32 bits per heavy atom. The minimum absolute atomic E-state index is 0.0637. The third kappa shape index (κ3) is 3.02. The van der Waals surface area contributed by atoms with Crippen molar-refractivity contribution in [2.24, 2.45) is 5.92 Å². The van der Waals surface area contributed by atoms with Crippen LogP contribution in [0.3, 0.4) is 0 Å². The van der Waals surface area contributed by atoms with Crippen LogP contribution in [0.15, 0.2) is 24.3 Å². The molecule has 1 saturated carbocycles. The number of benzene rings is 1. The van der Waals surface area contributed by atoms with E-state index in [9.17, 15) is 10.1 Å². The summed E-state index contributed by atoms with van der Waals surface area (Å²) in [5.74, 6) is 0.566. The Labute approximate surface area is 111 Å². The summed E-state index contributed by atoms with van der Waals surface area (Å²) in [4.78, 5) is 10.1. The molecule has 104 valence electrons. The molecule has 1 aliphatic carbocycles. The van der Waals surface area contributed by atoms with Crippen molar-refractivity contribution < 1.29 is 19.1 Å². The highest BCUT2D eigenvalue weighted by molar-refractivity contribution is 5.35. The zero-order valence-corrected chi connectivity index (χ0v) is 11.0. The van der Waals surface area contributed by atoms with Gasteiger partial charge in [0.05, 0.1) is 11.5 Å². The Morgan fingerprint density at radius 1 is 1.26 bits per heavy atom. The Morgan fingerprint density at radius 2 is 1.84 bits per heavy atom. The highest BCUT2D eigenvalue weighted by atomic mass is 16.7. The minimum Gasteiger partial charge on any atom is -0.493 e. The highest BCUT2D eigenvalue weighted by Gasteiger charge is 2.45. The van der Waals surface area contributed by atoms with Crippen molar-refractivity contribution in [3.8, 4) is 5.75 Å². The maximum absolute atomic E-state index is 10.5. The maximum Gasteiger partial charge on any atom is 0.269 e. The van der Waals surface area contributed by atoms with Gasteiger partial charge in [0.2, 0.25) is 0 Å². The van der Waals surface area contributed by atoms with E-state index in [1.807, 2.05) is 0 Å². The summed E-state index contributed by atoms with van der Waals surface area (Å²) in [6, 6.07) is 6.09. The average Bonchev–Trinajstić information content (AvgIpc) is 2.38. The van der Waals surface area contributed by atoms with Gasteiger partial charge >= 0.3 is 0 Å². The summed E-state index contributed by atoms with van der Waals surface area (Å²) >= 11 is 0. The molecule has 6 heteroatoms. The fourth-order valence-electron chi connectivity index (χ4n) is 2.23. The van der Waals surface area contributed by atoms with Crippen molar-refractivity contribution in [1.82, 2.24) is 0 Å². The van der Waals surface area contributed by atoms with Gasteiger partial charge in [-0.1, -0.05) is 0 Å². The Bertz CT molecular complexity index is 433. The predicted octanol–water partition coefficient (Wildman–Crippen LogP) is 2.37. The molecule has 0 heterocycles. The lowest BCUT2D eigenvalue weighted by molar-refractivity contribution is -0.384. The van der Waals surface area contributed by atoms with Gasteiger partial charge in [0, 0.05) is 45.1 Å². The van der Waals surface area contributed by atoms with Crippen LogP contribution < -0.4 is 4.74 Å². The zero-order chi connectivity index (χ0) is 13.9. The van der Waals surface area contributed by atoms with Crippen LogP contribution >= 0.6 is 0 Å². The molecule has 6 nitrogen and oxygen atoms in total. The van der Waals surface area contributed by atoms with Gasteiger partial charge in [0.1, 0.15) is 5.75 Å². The lowest BCUT2D eigenvalue weighted by atomic mass is 9.79. The first kappa shape index (κ1) is 13.8. The van der Waals surface area contributed by atoms with Crippen molar-refractivity contribution in [2.45, 2.75) is 18.6 Å². The van der Waals surface area contributed by atoms with Gasteiger partial charge in [0.25, 0.3) is 5.69 Å². The second-order valence-corrected chi connectivity index (χ2v) is 4.66. The lowest BCUT2D eigenvalue weighted by Crippen LogP contribution is -2.49. The molecule has 2 rings (SSSR count). The van der Waals surface area contributed by atoms with Crippen molar-refractivity contribution in [3.63, 3.8) is 0 Å². The molecule has 19 heavy (non-hydrogen) atoms. The number of ether oxygens (including phenoxy) is 3. The molecule has 0 atom stereocenters. The number of rotatable bonds is 6. The number of nitro groups is 1. The Kier molecular flexibility index (Phi) is 4.01. The molecule has 0 radical (unpaired) electrons. The van der Waals surface area contributed by atoms with Crippen LogP contribution in [0, 0.1) is 16.0 Å². The number of hydrogen-bond acceptors (Lipinski definition) is 5. The second kappa shape index (κ2) is 5.54. The number of hydrogen-bond donors (Lipinski definition) is 0. The van der Waals surface area contributed by atoms with Crippen LogP contribution in [0.2, 0.25) is 0 Å². The molecule has 1 aromatic rings. The number of methoxy groups -OCH3 is 2. The van der Waals surface area contributed by atoms with Gasteiger partial charge in [-0.05, 0) is 12.1 Å². The highest BCUT2D eigenvalue weighted by Crippen LogP contribution is 2.41. The monoisotopic (exact) mass is 267 g/mol. The Hall–Kier alpha value is -1.66. The van der Waals surface area contributed by atoms with E-state index < -0.39 is 10.7 Å². The van der Waals surface area contributed by atoms with Crippen molar-refractivity contribution in [3.05, 3.63) is 34.4 Å².